The van der Waals surface area contributed by atoms with Gasteiger partial charge in [-0.3, -0.25) is 9.59 Å². The monoisotopic (exact) mass is 704 g/mol. The van der Waals surface area contributed by atoms with Gasteiger partial charge in [0.2, 0.25) is 0 Å². The summed E-state index contributed by atoms with van der Waals surface area (Å²) >= 11 is 1.12. The van der Waals surface area contributed by atoms with E-state index in [0.29, 0.717) is 82.1 Å². The number of carbonyl (C=O) groups excluding carboxylic acids is 4. The number of amides is 2. The number of halogens is 8. The molecular weight excluding hydrogens is 676 g/mol. The zero-order valence-corrected chi connectivity index (χ0v) is 26.0. The largest absolute Gasteiger partial charge is 0.462 e. The molecule has 0 unspecified atom stereocenters. The molecule has 0 bridgehead atoms. The van der Waals surface area contributed by atoms with Crippen LogP contribution in [-0.4, -0.2) is 60.7 Å². The minimum Gasteiger partial charge on any atom is -0.462 e. The lowest BCUT2D eigenvalue weighted by Crippen LogP contribution is -2.67. The van der Waals surface area contributed by atoms with E-state index in [4.69, 9.17) is 9.47 Å². The fourth-order valence-corrected chi connectivity index (χ4v) is 7.73. The Balaban J connectivity index is 1.63. The van der Waals surface area contributed by atoms with Crippen LogP contribution >= 0.6 is 22.7 Å². The predicted octanol–water partition coefficient (Wildman–Crippen LogP) is 7.04. The topological polar surface area (TPSA) is 111 Å². The average molecular weight is 705 g/mol. The van der Waals surface area contributed by atoms with Gasteiger partial charge in [-0.05, 0) is 76.3 Å². The predicted molar refractivity (Wildman–Crippen MR) is 151 cm³/mol. The number of hydrogen-bond donors (Lipinski definition) is 2. The van der Waals surface area contributed by atoms with Crippen molar-refractivity contribution in [1.82, 2.24) is 0 Å². The molecule has 46 heavy (non-hydrogen) atoms. The van der Waals surface area contributed by atoms with Crippen LogP contribution in [0.3, 0.4) is 0 Å². The summed E-state index contributed by atoms with van der Waals surface area (Å²) in [4.78, 5) is 50.8. The summed E-state index contributed by atoms with van der Waals surface area (Å²) in [7, 11) is 0. The third-order valence-corrected chi connectivity index (χ3v) is 9.92. The highest BCUT2D eigenvalue weighted by molar-refractivity contribution is 7.17. The highest BCUT2D eigenvalue weighted by Crippen LogP contribution is 2.54. The van der Waals surface area contributed by atoms with Crippen LogP contribution in [0.5, 0.6) is 0 Å². The number of rotatable bonds is 11. The van der Waals surface area contributed by atoms with E-state index < -0.39 is 68.6 Å². The highest BCUT2D eigenvalue weighted by atomic mass is 32.1. The zero-order chi connectivity index (χ0) is 34.2. The molecule has 0 radical (unpaired) electrons. The maximum absolute atomic E-state index is 14.9. The molecule has 0 fully saturated rings. The van der Waals surface area contributed by atoms with Crippen LogP contribution in [0.1, 0.15) is 81.1 Å². The smallest absolute Gasteiger partial charge is 0.393 e. The number of thiophene rings is 2. The fraction of sp³-hybridized carbons (Fsp3) is 0.571. The lowest BCUT2D eigenvalue weighted by atomic mass is 9.95. The van der Waals surface area contributed by atoms with Gasteiger partial charge >= 0.3 is 47.4 Å². The minimum atomic E-state index is -7.15. The second-order valence-electron chi connectivity index (χ2n) is 10.5. The van der Waals surface area contributed by atoms with Gasteiger partial charge < -0.3 is 20.1 Å². The van der Waals surface area contributed by atoms with E-state index >= 15 is 0 Å². The van der Waals surface area contributed by atoms with Gasteiger partial charge in [0.05, 0.1) is 24.3 Å². The number of ether oxygens (including phenoxy) is 2. The molecule has 0 saturated carbocycles. The number of fused-ring (bicyclic) bond motifs is 2. The van der Waals surface area contributed by atoms with Crippen LogP contribution in [-0.2, 0) is 44.7 Å². The molecule has 0 spiro atoms. The van der Waals surface area contributed by atoms with Crippen LogP contribution in [0.25, 0.3) is 0 Å². The molecule has 254 valence electrons. The molecular formula is C28H28F8N2O6S2. The zero-order valence-electron chi connectivity index (χ0n) is 24.4. The van der Waals surface area contributed by atoms with E-state index in [1.807, 2.05) is 0 Å². The van der Waals surface area contributed by atoms with Crippen molar-refractivity contribution < 1.29 is 63.8 Å². The summed E-state index contributed by atoms with van der Waals surface area (Å²) in [6.45, 7) is 2.44. The molecule has 0 aromatic carbocycles. The number of nitrogens with one attached hydrogen (secondary N) is 2. The average Bonchev–Trinajstić information content (AvgIpc) is 3.54. The molecule has 2 aromatic rings. The highest BCUT2D eigenvalue weighted by Gasteiger charge is 2.84. The van der Waals surface area contributed by atoms with Crippen LogP contribution < -0.4 is 10.6 Å². The molecule has 18 heteroatoms. The fourth-order valence-electron chi connectivity index (χ4n) is 5.19. The van der Waals surface area contributed by atoms with Crippen molar-refractivity contribution >= 4 is 56.4 Å². The van der Waals surface area contributed by atoms with Crippen LogP contribution in [0, 0.1) is 0 Å². The first-order valence-corrected chi connectivity index (χ1v) is 15.8. The second kappa shape index (κ2) is 13.1. The second-order valence-corrected chi connectivity index (χ2v) is 12.7. The number of aryl methyl sites for hydroxylation is 2. The Morgan fingerprint density at radius 2 is 0.935 bits per heavy atom. The van der Waals surface area contributed by atoms with Crippen LogP contribution in [0.15, 0.2) is 0 Å². The molecule has 2 aliphatic rings. The summed E-state index contributed by atoms with van der Waals surface area (Å²) < 4.78 is 129. The van der Waals surface area contributed by atoms with Gasteiger partial charge in [-0.25, -0.2) is 9.59 Å². The van der Waals surface area contributed by atoms with Crippen molar-refractivity contribution in [2.24, 2.45) is 0 Å². The molecule has 2 aliphatic carbocycles. The number of alkyl halides is 8. The lowest BCUT2D eigenvalue weighted by molar-refractivity contribution is -0.345. The quantitative estimate of drug-likeness (QED) is 0.192. The molecule has 0 atom stereocenters. The maximum Gasteiger partial charge on any atom is 0.393 e. The molecule has 2 N–H and O–H groups in total. The third-order valence-electron chi connectivity index (χ3n) is 7.51. The number of esters is 2. The van der Waals surface area contributed by atoms with Crippen molar-refractivity contribution in [3.8, 4) is 0 Å². The standard InChI is InChI=1S/C28H28F8N2O6S2/c1-3-43-21(39)17-13-9-5-7-11-15(13)45-19(17)37-23(41)25(29,30)27(33,34)28(35,36)26(31,32)24(42)38-20-18(22(40)44-4-2)14-10-6-8-12-16(14)46-20/h3-12H2,1-2H3,(H,37,41)(H,38,42). The van der Waals surface area contributed by atoms with E-state index in [-0.39, 0.29) is 26.1 Å². The summed E-state index contributed by atoms with van der Waals surface area (Å²) in [5, 5.41) is 1.25. The Morgan fingerprint density at radius 1 is 0.609 bits per heavy atom. The normalized spacial score (nSPS) is 15.4. The van der Waals surface area contributed by atoms with E-state index in [9.17, 15) is 54.3 Å². The number of anilines is 2. The Kier molecular flexibility index (Phi) is 10.1. The SMILES string of the molecule is CCOC(=O)c1c(NC(=O)C(F)(F)C(F)(F)C(F)(F)C(F)(F)C(=O)Nc2sc3c(c2C(=O)OCC)CCCC3)sc2c1CCCC2. The third kappa shape index (κ3) is 5.97. The Bertz CT molecular complexity index is 1430. The van der Waals surface area contributed by atoms with Gasteiger partial charge in [0.1, 0.15) is 10.0 Å². The Labute approximate surface area is 264 Å². The number of hydrogen-bond acceptors (Lipinski definition) is 8. The molecule has 8 nitrogen and oxygen atoms in total. The van der Waals surface area contributed by atoms with Crippen molar-refractivity contribution in [3.05, 3.63) is 32.0 Å². The van der Waals surface area contributed by atoms with Crippen molar-refractivity contribution in [3.63, 3.8) is 0 Å². The first-order valence-electron chi connectivity index (χ1n) is 14.2. The van der Waals surface area contributed by atoms with E-state index in [2.05, 4.69) is 0 Å². The van der Waals surface area contributed by atoms with Crippen molar-refractivity contribution in [2.45, 2.75) is 88.9 Å². The van der Waals surface area contributed by atoms with Crippen LogP contribution in [0.4, 0.5) is 45.1 Å². The van der Waals surface area contributed by atoms with Crippen LogP contribution in [0.2, 0.25) is 0 Å². The molecule has 0 saturated heterocycles. The first kappa shape index (κ1) is 35.6. The van der Waals surface area contributed by atoms with E-state index in [1.165, 1.54) is 24.5 Å². The minimum absolute atomic E-state index is 0.191. The summed E-state index contributed by atoms with van der Waals surface area (Å²) in [6.07, 6.45) is 3.47. The van der Waals surface area contributed by atoms with E-state index in [1.54, 1.807) is 0 Å². The van der Waals surface area contributed by atoms with Crippen molar-refractivity contribution in [1.29, 1.82) is 0 Å². The molecule has 2 amide bonds. The number of carbonyl (C=O) groups is 4. The van der Waals surface area contributed by atoms with Gasteiger partial charge in [0.15, 0.2) is 0 Å². The summed E-state index contributed by atoms with van der Waals surface area (Å²) in [5.74, 6) is -35.8. The van der Waals surface area contributed by atoms with Gasteiger partial charge in [-0.15, -0.1) is 22.7 Å². The summed E-state index contributed by atoms with van der Waals surface area (Å²) in [6, 6.07) is 0. The van der Waals surface area contributed by atoms with Gasteiger partial charge in [-0.1, -0.05) is 0 Å². The Morgan fingerprint density at radius 3 is 1.26 bits per heavy atom. The molecule has 2 heterocycles. The molecule has 0 aliphatic heterocycles. The van der Waals surface area contributed by atoms with Gasteiger partial charge in [-0.2, -0.15) is 35.1 Å². The lowest BCUT2D eigenvalue weighted by Gasteiger charge is -2.35. The first-order chi connectivity index (χ1) is 21.4. The Hall–Kier alpha value is -3.28. The summed E-state index contributed by atoms with van der Waals surface area (Å²) in [5.41, 5.74) is -0.264. The van der Waals surface area contributed by atoms with E-state index in [0.717, 1.165) is 0 Å². The van der Waals surface area contributed by atoms with Gasteiger partial charge in [0, 0.05) is 9.75 Å². The van der Waals surface area contributed by atoms with Crippen molar-refractivity contribution in [2.75, 3.05) is 23.8 Å². The van der Waals surface area contributed by atoms with Gasteiger partial charge in [0.25, 0.3) is 0 Å². The maximum atomic E-state index is 14.9. The molecule has 4 rings (SSSR count). The molecule has 2 aromatic heterocycles.